The van der Waals surface area contributed by atoms with E-state index in [2.05, 4.69) is 34.1 Å². The van der Waals surface area contributed by atoms with E-state index in [9.17, 15) is 4.79 Å². The Kier molecular flexibility index (Phi) is 6.67. The van der Waals surface area contributed by atoms with Crippen molar-refractivity contribution in [2.24, 2.45) is 0 Å². The smallest absolute Gasteiger partial charge is 0.222 e. The van der Waals surface area contributed by atoms with E-state index in [4.69, 9.17) is 9.47 Å². The molecule has 1 fully saturated rings. The van der Waals surface area contributed by atoms with Crippen molar-refractivity contribution in [2.45, 2.75) is 19.4 Å². The zero-order chi connectivity index (χ0) is 21.6. The highest BCUT2D eigenvalue weighted by atomic mass is 16.5. The van der Waals surface area contributed by atoms with Gasteiger partial charge in [0.1, 0.15) is 0 Å². The summed E-state index contributed by atoms with van der Waals surface area (Å²) in [5.74, 6) is 1.61. The van der Waals surface area contributed by atoms with Gasteiger partial charge >= 0.3 is 0 Å². The van der Waals surface area contributed by atoms with Crippen LogP contribution in [-0.4, -0.2) is 61.1 Å². The third kappa shape index (κ3) is 4.97. The number of pyridine rings is 1. The third-order valence-corrected chi connectivity index (χ3v) is 5.91. The second-order valence-corrected chi connectivity index (χ2v) is 7.84. The Morgan fingerprint density at radius 1 is 0.968 bits per heavy atom. The monoisotopic (exact) mass is 419 g/mol. The van der Waals surface area contributed by atoms with Crippen LogP contribution in [0.3, 0.4) is 0 Å². The number of fused-ring (bicyclic) bond motifs is 1. The highest BCUT2D eigenvalue weighted by Crippen LogP contribution is 2.28. The molecule has 4 rings (SSSR count). The molecule has 0 atom stereocenters. The number of methoxy groups -OCH3 is 2. The van der Waals surface area contributed by atoms with Crippen LogP contribution in [0, 0.1) is 0 Å². The Morgan fingerprint density at radius 2 is 1.74 bits per heavy atom. The highest BCUT2D eigenvalue weighted by molar-refractivity contribution is 5.81. The molecule has 2 aromatic carbocycles. The quantitative estimate of drug-likeness (QED) is 0.586. The van der Waals surface area contributed by atoms with E-state index in [0.717, 1.165) is 43.8 Å². The lowest BCUT2D eigenvalue weighted by atomic mass is 10.1. The topological polar surface area (TPSA) is 54.9 Å². The van der Waals surface area contributed by atoms with Crippen molar-refractivity contribution in [1.29, 1.82) is 0 Å². The Labute approximate surface area is 183 Å². The molecule has 0 saturated carbocycles. The van der Waals surface area contributed by atoms with Gasteiger partial charge in [-0.15, -0.1) is 0 Å². The molecule has 0 aliphatic carbocycles. The second kappa shape index (κ2) is 9.79. The number of amides is 1. The van der Waals surface area contributed by atoms with Gasteiger partial charge in [0.05, 0.1) is 19.7 Å². The average Bonchev–Trinajstić information content (AvgIpc) is 2.83. The normalized spacial score (nSPS) is 14.6. The number of carbonyl (C=O) groups excluding carboxylic acids is 1. The summed E-state index contributed by atoms with van der Waals surface area (Å²) in [6.07, 6.45) is 3.05. The van der Waals surface area contributed by atoms with Gasteiger partial charge in [0.25, 0.3) is 0 Å². The van der Waals surface area contributed by atoms with Crippen LogP contribution in [0.15, 0.2) is 54.7 Å². The van der Waals surface area contributed by atoms with Crippen molar-refractivity contribution < 1.29 is 14.3 Å². The molecule has 0 spiro atoms. The van der Waals surface area contributed by atoms with Crippen LogP contribution in [0.25, 0.3) is 10.9 Å². The second-order valence-electron chi connectivity index (χ2n) is 7.84. The van der Waals surface area contributed by atoms with Crippen molar-refractivity contribution in [2.75, 3.05) is 40.4 Å². The number of ether oxygens (including phenoxy) is 2. The van der Waals surface area contributed by atoms with E-state index in [-0.39, 0.29) is 5.91 Å². The van der Waals surface area contributed by atoms with Crippen LogP contribution in [0.1, 0.15) is 17.5 Å². The minimum Gasteiger partial charge on any atom is -0.493 e. The summed E-state index contributed by atoms with van der Waals surface area (Å²) < 4.78 is 10.6. The van der Waals surface area contributed by atoms with Gasteiger partial charge in [-0.1, -0.05) is 30.3 Å². The summed E-state index contributed by atoms with van der Waals surface area (Å²) in [5, 5.41) is 1.17. The van der Waals surface area contributed by atoms with Crippen LogP contribution in [-0.2, 0) is 17.8 Å². The summed E-state index contributed by atoms with van der Waals surface area (Å²) in [4.78, 5) is 21.7. The van der Waals surface area contributed by atoms with Gasteiger partial charge in [-0.25, -0.2) is 0 Å². The first-order valence-corrected chi connectivity index (χ1v) is 10.7. The van der Waals surface area contributed by atoms with Crippen molar-refractivity contribution >= 4 is 16.8 Å². The molecule has 0 radical (unpaired) electrons. The van der Waals surface area contributed by atoms with Gasteiger partial charge in [0, 0.05) is 50.7 Å². The molecule has 162 valence electrons. The molecule has 1 saturated heterocycles. The predicted octanol–water partition coefficient (Wildman–Crippen LogP) is 3.53. The Balaban J connectivity index is 1.29. The number of piperazine rings is 1. The van der Waals surface area contributed by atoms with Crippen LogP contribution in [0.4, 0.5) is 0 Å². The fourth-order valence-corrected chi connectivity index (χ4v) is 4.14. The van der Waals surface area contributed by atoms with Gasteiger partial charge in [-0.2, -0.15) is 0 Å². The minimum absolute atomic E-state index is 0.210. The maximum absolute atomic E-state index is 12.7. The summed E-state index contributed by atoms with van der Waals surface area (Å²) in [6, 6.07) is 16.2. The van der Waals surface area contributed by atoms with Crippen LogP contribution in [0.5, 0.6) is 11.5 Å². The largest absolute Gasteiger partial charge is 0.493 e. The van der Waals surface area contributed by atoms with Crippen molar-refractivity contribution in [3.8, 4) is 11.5 Å². The number of aryl methyl sites for hydroxylation is 1. The number of para-hydroxylation sites is 1. The molecule has 1 aliphatic rings. The molecule has 0 N–H and O–H groups in total. The fraction of sp³-hybridized carbons (Fsp3) is 0.360. The minimum atomic E-state index is 0.210. The molecule has 1 amide bonds. The molecule has 6 nitrogen and oxygen atoms in total. The van der Waals surface area contributed by atoms with Crippen molar-refractivity contribution in [3.05, 3.63) is 65.9 Å². The molecule has 2 heterocycles. The zero-order valence-electron chi connectivity index (χ0n) is 18.2. The highest BCUT2D eigenvalue weighted by Gasteiger charge is 2.21. The number of carbonyl (C=O) groups is 1. The molecule has 1 aromatic heterocycles. The zero-order valence-corrected chi connectivity index (χ0v) is 18.2. The SMILES string of the molecule is COc1ccc(CCC(=O)N2CCN(Cc3cccc4cccnc34)CC2)cc1OC. The summed E-state index contributed by atoms with van der Waals surface area (Å²) in [6.45, 7) is 4.16. The number of hydrogen-bond donors (Lipinski definition) is 0. The summed E-state index contributed by atoms with van der Waals surface area (Å²) in [5.41, 5.74) is 3.39. The lowest BCUT2D eigenvalue weighted by Crippen LogP contribution is -2.48. The van der Waals surface area contributed by atoms with Crippen molar-refractivity contribution in [1.82, 2.24) is 14.8 Å². The number of aromatic nitrogens is 1. The molecule has 0 unspecified atom stereocenters. The number of benzene rings is 2. The van der Waals surface area contributed by atoms with Gasteiger partial charge in [0.2, 0.25) is 5.91 Å². The Bertz CT molecular complexity index is 1040. The molecular weight excluding hydrogens is 390 g/mol. The van der Waals surface area contributed by atoms with E-state index in [1.807, 2.05) is 35.4 Å². The molecule has 0 bridgehead atoms. The van der Waals surface area contributed by atoms with E-state index in [1.54, 1.807) is 14.2 Å². The molecular formula is C25H29N3O3. The number of hydrogen-bond acceptors (Lipinski definition) is 5. The van der Waals surface area contributed by atoms with E-state index in [1.165, 1.54) is 10.9 Å². The summed E-state index contributed by atoms with van der Waals surface area (Å²) >= 11 is 0. The first kappa shape index (κ1) is 21.1. The molecule has 3 aromatic rings. The van der Waals surface area contributed by atoms with E-state index < -0.39 is 0 Å². The lowest BCUT2D eigenvalue weighted by Gasteiger charge is -2.35. The van der Waals surface area contributed by atoms with Gasteiger partial charge < -0.3 is 14.4 Å². The fourth-order valence-electron chi connectivity index (χ4n) is 4.14. The lowest BCUT2D eigenvalue weighted by molar-refractivity contribution is -0.133. The van der Waals surface area contributed by atoms with E-state index in [0.29, 0.717) is 24.3 Å². The number of nitrogens with zero attached hydrogens (tertiary/aromatic N) is 3. The number of rotatable bonds is 7. The molecule has 6 heteroatoms. The maximum Gasteiger partial charge on any atom is 0.222 e. The van der Waals surface area contributed by atoms with E-state index >= 15 is 0 Å². The first-order valence-electron chi connectivity index (χ1n) is 10.7. The average molecular weight is 420 g/mol. The van der Waals surface area contributed by atoms with Gasteiger partial charge in [-0.3, -0.25) is 14.7 Å². The van der Waals surface area contributed by atoms with Crippen LogP contribution in [0.2, 0.25) is 0 Å². The standard InChI is InChI=1S/C25H29N3O3/c1-30-22-10-8-19(17-23(22)31-2)9-11-24(29)28-15-13-27(14-16-28)18-21-6-3-5-20-7-4-12-26-25(20)21/h3-8,10,12,17H,9,11,13-16,18H2,1-2H3. The van der Waals surface area contributed by atoms with Crippen molar-refractivity contribution in [3.63, 3.8) is 0 Å². The predicted molar refractivity (Wildman–Crippen MR) is 121 cm³/mol. The van der Waals surface area contributed by atoms with Gasteiger partial charge in [-0.05, 0) is 35.7 Å². The third-order valence-electron chi connectivity index (χ3n) is 5.91. The molecule has 31 heavy (non-hydrogen) atoms. The summed E-state index contributed by atoms with van der Waals surface area (Å²) in [7, 11) is 3.25. The van der Waals surface area contributed by atoms with Gasteiger partial charge in [0.15, 0.2) is 11.5 Å². The first-order chi connectivity index (χ1) is 15.2. The van der Waals surface area contributed by atoms with Crippen LogP contribution >= 0.6 is 0 Å². The van der Waals surface area contributed by atoms with Crippen LogP contribution < -0.4 is 9.47 Å². The molecule has 1 aliphatic heterocycles. The Morgan fingerprint density at radius 3 is 2.52 bits per heavy atom. The Hall–Kier alpha value is -3.12. The maximum atomic E-state index is 12.7.